The summed E-state index contributed by atoms with van der Waals surface area (Å²) in [6.07, 6.45) is 4.69. The molecule has 2 aromatic rings. The van der Waals surface area contributed by atoms with Crippen molar-refractivity contribution in [2.45, 2.75) is 6.54 Å². The summed E-state index contributed by atoms with van der Waals surface area (Å²) in [7, 11) is 1.77. The van der Waals surface area contributed by atoms with E-state index in [1.807, 2.05) is 0 Å². The highest BCUT2D eigenvalue weighted by Gasteiger charge is 2.18. The number of aryl methyl sites for hydroxylation is 1. The van der Waals surface area contributed by atoms with E-state index in [2.05, 4.69) is 15.9 Å². The fourth-order valence-corrected chi connectivity index (χ4v) is 2.21. The predicted molar refractivity (Wildman–Crippen MR) is 74.8 cm³/mol. The lowest BCUT2D eigenvalue weighted by molar-refractivity contribution is -0.386. The molecule has 2 heterocycles. The third-order valence-electron chi connectivity index (χ3n) is 2.70. The van der Waals surface area contributed by atoms with Gasteiger partial charge in [-0.25, -0.2) is 0 Å². The Morgan fingerprint density at radius 3 is 2.70 bits per heavy atom. The van der Waals surface area contributed by atoms with Crippen LogP contribution < -0.4 is 5.56 Å². The second-order valence-corrected chi connectivity index (χ2v) is 5.14. The highest BCUT2D eigenvalue weighted by atomic mass is 79.9. The lowest BCUT2D eigenvalue weighted by Crippen LogP contribution is -2.25. The minimum Gasteiger partial charge on any atom is -0.357 e. The fraction of sp³-hybridized carbons (Fsp3) is 0.167. The maximum Gasteiger partial charge on any atom is 0.335 e. The van der Waals surface area contributed by atoms with Crippen LogP contribution in [0.4, 0.5) is 5.69 Å². The SMILES string of the molecule is Cn1ccc(C(=O)Cn2cc(Br)cc([N+](=O)[O-])c2=O)c1. The second kappa shape index (κ2) is 5.41. The van der Waals surface area contributed by atoms with Crippen LogP contribution in [0.25, 0.3) is 0 Å². The molecule has 0 saturated heterocycles. The van der Waals surface area contributed by atoms with E-state index >= 15 is 0 Å². The van der Waals surface area contributed by atoms with E-state index in [0.717, 1.165) is 10.6 Å². The molecule has 0 aromatic carbocycles. The van der Waals surface area contributed by atoms with Crippen molar-refractivity contribution in [3.63, 3.8) is 0 Å². The number of nitrogens with zero attached hydrogens (tertiary/aromatic N) is 3. The van der Waals surface area contributed by atoms with Crippen LogP contribution in [0.15, 0.2) is 40.0 Å². The molecule has 0 unspecified atom stereocenters. The summed E-state index contributed by atoms with van der Waals surface area (Å²) >= 11 is 3.09. The van der Waals surface area contributed by atoms with Gasteiger partial charge in [0.05, 0.1) is 11.5 Å². The highest BCUT2D eigenvalue weighted by molar-refractivity contribution is 9.10. The Hall–Kier alpha value is -2.22. The first-order valence-electron chi connectivity index (χ1n) is 5.58. The lowest BCUT2D eigenvalue weighted by Gasteiger charge is -2.04. The molecular formula is C12H10BrN3O4. The van der Waals surface area contributed by atoms with Crippen molar-refractivity contribution in [1.29, 1.82) is 0 Å². The third kappa shape index (κ3) is 2.85. The molecule has 0 aliphatic rings. The summed E-state index contributed by atoms with van der Waals surface area (Å²) in [6, 6.07) is 2.74. The molecule has 104 valence electrons. The molecule has 20 heavy (non-hydrogen) atoms. The van der Waals surface area contributed by atoms with Gasteiger partial charge >= 0.3 is 11.2 Å². The Balaban J connectivity index is 2.37. The number of carbonyl (C=O) groups is 1. The van der Waals surface area contributed by atoms with Crippen LogP contribution in [0.1, 0.15) is 10.4 Å². The average molecular weight is 340 g/mol. The quantitative estimate of drug-likeness (QED) is 0.482. The predicted octanol–water partition coefficient (Wildman–Crippen LogP) is 1.74. The largest absolute Gasteiger partial charge is 0.357 e. The van der Waals surface area contributed by atoms with E-state index in [-0.39, 0.29) is 12.3 Å². The number of rotatable bonds is 4. The molecule has 8 heteroatoms. The normalized spacial score (nSPS) is 10.5. The van der Waals surface area contributed by atoms with Crippen molar-refractivity contribution in [3.8, 4) is 0 Å². The molecule has 0 radical (unpaired) electrons. The fourth-order valence-electron chi connectivity index (χ4n) is 1.75. The number of nitro groups is 1. The zero-order chi connectivity index (χ0) is 14.9. The molecule has 0 saturated carbocycles. The minimum absolute atomic E-state index is 0.247. The van der Waals surface area contributed by atoms with Gasteiger partial charge in [-0.3, -0.25) is 19.7 Å². The molecule has 0 atom stereocenters. The number of aromatic nitrogens is 2. The van der Waals surface area contributed by atoms with E-state index in [4.69, 9.17) is 0 Å². The van der Waals surface area contributed by atoms with E-state index in [0.29, 0.717) is 10.0 Å². The van der Waals surface area contributed by atoms with Crippen molar-refractivity contribution in [1.82, 2.24) is 9.13 Å². The van der Waals surface area contributed by atoms with Gasteiger partial charge in [0.25, 0.3) is 0 Å². The van der Waals surface area contributed by atoms with Crippen molar-refractivity contribution in [2.75, 3.05) is 0 Å². The van der Waals surface area contributed by atoms with Crippen LogP contribution in [0.2, 0.25) is 0 Å². The van der Waals surface area contributed by atoms with Gasteiger partial charge in [-0.1, -0.05) is 0 Å². The molecule has 0 fully saturated rings. The van der Waals surface area contributed by atoms with Crippen LogP contribution in [0.5, 0.6) is 0 Å². The lowest BCUT2D eigenvalue weighted by atomic mass is 10.2. The topological polar surface area (TPSA) is 87.1 Å². The smallest absolute Gasteiger partial charge is 0.335 e. The maximum atomic E-state index is 12.0. The van der Waals surface area contributed by atoms with Crippen LogP contribution in [-0.4, -0.2) is 19.8 Å². The van der Waals surface area contributed by atoms with E-state index in [1.165, 1.54) is 6.20 Å². The Bertz CT molecular complexity index is 747. The minimum atomic E-state index is -0.803. The summed E-state index contributed by atoms with van der Waals surface area (Å²) in [4.78, 5) is 33.9. The summed E-state index contributed by atoms with van der Waals surface area (Å²) in [5, 5.41) is 10.8. The summed E-state index contributed by atoms with van der Waals surface area (Å²) < 4.78 is 3.10. The molecule has 0 aliphatic heterocycles. The van der Waals surface area contributed by atoms with E-state index in [1.54, 1.807) is 30.1 Å². The van der Waals surface area contributed by atoms with Crippen LogP contribution >= 0.6 is 15.9 Å². The van der Waals surface area contributed by atoms with E-state index < -0.39 is 16.2 Å². The van der Waals surface area contributed by atoms with E-state index in [9.17, 15) is 19.7 Å². The summed E-state index contributed by atoms with van der Waals surface area (Å²) in [6.45, 7) is -0.247. The Kier molecular flexibility index (Phi) is 3.84. The zero-order valence-electron chi connectivity index (χ0n) is 10.4. The number of pyridine rings is 1. The second-order valence-electron chi connectivity index (χ2n) is 4.22. The number of hydrogen-bond acceptors (Lipinski definition) is 4. The number of hydrogen-bond donors (Lipinski definition) is 0. The number of ketones is 1. The van der Waals surface area contributed by atoms with Gasteiger partial charge in [0.15, 0.2) is 5.78 Å². The zero-order valence-corrected chi connectivity index (χ0v) is 12.0. The van der Waals surface area contributed by atoms with Crippen molar-refractivity contribution < 1.29 is 9.72 Å². The van der Waals surface area contributed by atoms with Crippen molar-refractivity contribution >= 4 is 27.4 Å². The molecule has 0 aliphatic carbocycles. The molecule has 0 amide bonds. The van der Waals surface area contributed by atoms with Crippen LogP contribution in [0.3, 0.4) is 0 Å². The first-order valence-corrected chi connectivity index (χ1v) is 6.37. The number of Topliss-reactive ketones (excluding diaryl/α,β-unsaturated/α-hetero) is 1. The molecule has 0 N–H and O–H groups in total. The van der Waals surface area contributed by atoms with Gasteiger partial charge in [0, 0.05) is 41.7 Å². The Morgan fingerprint density at radius 1 is 1.45 bits per heavy atom. The number of halogens is 1. The molecule has 7 nitrogen and oxygen atoms in total. The highest BCUT2D eigenvalue weighted by Crippen LogP contribution is 2.14. The first kappa shape index (κ1) is 14.2. The molecule has 0 bridgehead atoms. The maximum absolute atomic E-state index is 12.0. The van der Waals surface area contributed by atoms with Gasteiger partial charge in [-0.15, -0.1) is 0 Å². The standard InChI is InChI=1S/C12H10BrN3O4/c1-14-3-2-8(5-14)11(17)7-15-6-9(13)4-10(12(15)18)16(19)20/h2-6H,7H2,1H3. The molecular weight excluding hydrogens is 330 g/mol. The van der Waals surface area contributed by atoms with Crippen molar-refractivity contribution in [2.24, 2.45) is 7.05 Å². The first-order chi connectivity index (χ1) is 9.38. The third-order valence-corrected chi connectivity index (χ3v) is 3.13. The monoisotopic (exact) mass is 339 g/mol. The summed E-state index contributed by atoms with van der Waals surface area (Å²) in [5.74, 6) is -0.292. The van der Waals surface area contributed by atoms with Gasteiger partial charge in [0.2, 0.25) is 0 Å². The number of carbonyl (C=O) groups excluding carboxylic acids is 1. The Labute approximate surface area is 121 Å². The average Bonchev–Trinajstić information content (AvgIpc) is 2.79. The summed E-state index contributed by atoms with van der Waals surface area (Å²) in [5.41, 5.74) is -0.926. The van der Waals surface area contributed by atoms with Crippen molar-refractivity contribution in [3.05, 3.63) is 61.2 Å². The van der Waals surface area contributed by atoms with Gasteiger partial charge < -0.3 is 9.13 Å². The van der Waals surface area contributed by atoms with Crippen LogP contribution in [-0.2, 0) is 13.6 Å². The molecule has 0 spiro atoms. The Morgan fingerprint density at radius 2 is 2.15 bits per heavy atom. The van der Waals surface area contributed by atoms with Crippen LogP contribution in [0, 0.1) is 10.1 Å². The van der Waals surface area contributed by atoms with Gasteiger partial charge in [-0.2, -0.15) is 0 Å². The molecule has 2 aromatic heterocycles. The van der Waals surface area contributed by atoms with Gasteiger partial charge in [-0.05, 0) is 22.0 Å². The molecule has 2 rings (SSSR count). The van der Waals surface area contributed by atoms with Gasteiger partial charge in [0.1, 0.15) is 0 Å².